The van der Waals surface area contributed by atoms with E-state index < -0.39 is 28.9 Å². The van der Waals surface area contributed by atoms with Gasteiger partial charge in [0.25, 0.3) is 11.5 Å². The summed E-state index contributed by atoms with van der Waals surface area (Å²) >= 11 is 0. The van der Waals surface area contributed by atoms with E-state index in [4.69, 9.17) is 0 Å². The fourth-order valence-electron chi connectivity index (χ4n) is 7.78. The number of allylic oxidation sites excluding steroid dienone is 2. The number of hydrogen-bond acceptors (Lipinski definition) is 8. The maximum atomic E-state index is 14.6. The van der Waals surface area contributed by atoms with Crippen molar-refractivity contribution in [2.75, 3.05) is 39.8 Å². The molecule has 2 aromatic carbocycles. The molecule has 4 aliphatic rings. The van der Waals surface area contributed by atoms with Gasteiger partial charge in [-0.1, -0.05) is 36.4 Å². The van der Waals surface area contributed by atoms with Gasteiger partial charge in [-0.25, -0.2) is 23.1 Å². The van der Waals surface area contributed by atoms with Crippen molar-refractivity contribution in [3.63, 3.8) is 0 Å². The van der Waals surface area contributed by atoms with Gasteiger partial charge in [0.2, 0.25) is 0 Å². The second kappa shape index (κ2) is 14.6. The Labute approximate surface area is 305 Å². The first-order chi connectivity index (χ1) is 25.7. The number of piperazine rings is 1. The Morgan fingerprint density at radius 3 is 2.49 bits per heavy atom. The molecular weight excluding hydrogens is 678 g/mol. The van der Waals surface area contributed by atoms with Crippen LogP contribution in [-0.2, 0) is 11.2 Å². The largest absolute Gasteiger partial charge is 0.356 e. The predicted molar refractivity (Wildman–Crippen MR) is 199 cm³/mol. The van der Waals surface area contributed by atoms with Crippen molar-refractivity contribution in [3.8, 4) is 16.8 Å². The van der Waals surface area contributed by atoms with Crippen LogP contribution in [0.1, 0.15) is 37.3 Å². The summed E-state index contributed by atoms with van der Waals surface area (Å²) in [4.78, 5) is 51.9. The molecule has 2 N–H and O–H groups in total. The number of carbonyl (C=O) groups is 1. The molecule has 1 amide bonds. The summed E-state index contributed by atoms with van der Waals surface area (Å²) in [6.07, 6.45) is 9.49. The van der Waals surface area contributed by atoms with Gasteiger partial charge in [-0.2, -0.15) is 0 Å². The average Bonchev–Trinajstić information content (AvgIpc) is 3.60. The lowest BCUT2D eigenvalue weighted by atomic mass is 9.90. The third-order valence-corrected chi connectivity index (χ3v) is 10.9. The van der Waals surface area contributed by atoms with Crippen molar-refractivity contribution in [3.05, 3.63) is 129 Å². The van der Waals surface area contributed by atoms with E-state index in [0.717, 1.165) is 62.5 Å². The smallest absolute Gasteiger partial charge is 0.337 e. The monoisotopic (exact) mass is 720 g/mol. The molecule has 1 aliphatic carbocycles. The standard InChI is InChI=1S/C40H42F2N8O3/c1-46-17-19-47(20-18-46)16-15-26-5-7-27(8-6-26)28-3-2-4-33(21-28)49-37-34(22-30(42)23-43-37)39(52)50(40(49)53)32-12-10-31(11-13-32)44-38(51)35-25-48-24-29(41)9-14-36(48)45-35/h2-9,14,21-25,31-32,36,45H,10-13,15-20H2,1H3,(H,44,51)/t31-,32+,36?. The van der Waals surface area contributed by atoms with Crippen LogP contribution in [-0.4, -0.2) is 86.7 Å². The van der Waals surface area contributed by atoms with Crippen LogP contribution in [0.5, 0.6) is 0 Å². The number of carbonyl (C=O) groups excluding carboxylic acids is 1. The molecule has 53 heavy (non-hydrogen) atoms. The van der Waals surface area contributed by atoms with Gasteiger partial charge in [-0.05, 0) is 86.2 Å². The number of rotatable bonds is 8. The van der Waals surface area contributed by atoms with E-state index in [-0.39, 0.29) is 29.1 Å². The first kappa shape index (κ1) is 34.7. The molecule has 1 unspecified atom stereocenters. The summed E-state index contributed by atoms with van der Waals surface area (Å²) in [6.45, 7) is 5.37. The number of halogens is 2. The molecule has 1 saturated heterocycles. The van der Waals surface area contributed by atoms with Crippen molar-refractivity contribution in [2.45, 2.75) is 50.4 Å². The normalized spacial score (nSPS) is 21.9. The Hall–Kier alpha value is -5.40. The minimum absolute atomic E-state index is 0.0189. The van der Waals surface area contributed by atoms with Crippen LogP contribution in [0, 0.1) is 5.82 Å². The lowest BCUT2D eigenvalue weighted by Crippen LogP contribution is -2.46. The second-order valence-electron chi connectivity index (χ2n) is 14.4. The summed E-state index contributed by atoms with van der Waals surface area (Å²) in [5.74, 6) is -1.37. The molecule has 11 nitrogen and oxygen atoms in total. The van der Waals surface area contributed by atoms with Crippen molar-refractivity contribution in [1.82, 2.24) is 39.5 Å². The molecule has 13 heteroatoms. The first-order valence-electron chi connectivity index (χ1n) is 18.3. The maximum absolute atomic E-state index is 14.6. The highest BCUT2D eigenvalue weighted by Gasteiger charge is 2.31. The molecule has 0 spiro atoms. The number of benzene rings is 2. The third kappa shape index (κ3) is 7.18. The molecule has 2 fully saturated rings. The highest BCUT2D eigenvalue weighted by Crippen LogP contribution is 2.29. The van der Waals surface area contributed by atoms with E-state index in [1.807, 2.05) is 18.2 Å². The Bertz CT molecular complexity index is 2250. The summed E-state index contributed by atoms with van der Waals surface area (Å²) in [5.41, 5.74) is 2.94. The molecule has 8 rings (SSSR count). The van der Waals surface area contributed by atoms with Gasteiger partial charge in [0, 0.05) is 57.2 Å². The Kier molecular flexibility index (Phi) is 9.52. The average molecular weight is 721 g/mol. The third-order valence-electron chi connectivity index (χ3n) is 10.9. The van der Waals surface area contributed by atoms with Gasteiger partial charge >= 0.3 is 5.69 Å². The Morgan fingerprint density at radius 1 is 0.943 bits per heavy atom. The van der Waals surface area contributed by atoms with Gasteiger partial charge in [0.05, 0.1) is 17.3 Å². The highest BCUT2D eigenvalue weighted by atomic mass is 19.1. The number of nitrogens with one attached hydrogen (secondary N) is 2. The van der Waals surface area contributed by atoms with E-state index in [1.165, 1.54) is 27.0 Å². The van der Waals surface area contributed by atoms with E-state index in [0.29, 0.717) is 37.1 Å². The quantitative estimate of drug-likeness (QED) is 0.279. The Balaban J connectivity index is 1.01. The van der Waals surface area contributed by atoms with Crippen molar-refractivity contribution < 1.29 is 13.6 Å². The van der Waals surface area contributed by atoms with Crippen LogP contribution < -0.4 is 21.9 Å². The number of amides is 1. The maximum Gasteiger partial charge on any atom is 0.337 e. The SMILES string of the molecule is CN1CCN(CCc2ccc(-c3cccc(-n4c(=O)n([C@H]5CC[C@@H](NC(=O)C6=CN7C=C(F)C=CC7N6)CC5)c(=O)c5cc(F)cnc54)c3)cc2)CC1. The molecule has 1 saturated carbocycles. The number of likely N-dealkylation sites (N-methyl/N-ethyl adjacent to an activating group) is 1. The summed E-state index contributed by atoms with van der Waals surface area (Å²) in [5, 5.41) is 6.13. The van der Waals surface area contributed by atoms with Crippen molar-refractivity contribution >= 4 is 16.9 Å². The second-order valence-corrected chi connectivity index (χ2v) is 14.4. The van der Waals surface area contributed by atoms with E-state index in [9.17, 15) is 23.2 Å². The van der Waals surface area contributed by atoms with Crippen LogP contribution in [0.15, 0.2) is 106 Å². The lowest BCUT2D eigenvalue weighted by Gasteiger charge is -2.32. The van der Waals surface area contributed by atoms with Crippen molar-refractivity contribution in [1.29, 1.82) is 0 Å². The summed E-state index contributed by atoms with van der Waals surface area (Å²) in [6, 6.07) is 16.5. The summed E-state index contributed by atoms with van der Waals surface area (Å²) in [7, 11) is 2.16. The number of pyridine rings is 1. The molecule has 3 aliphatic heterocycles. The van der Waals surface area contributed by atoms with Crippen LogP contribution >= 0.6 is 0 Å². The van der Waals surface area contributed by atoms with Crippen LogP contribution in [0.25, 0.3) is 27.8 Å². The fourth-order valence-corrected chi connectivity index (χ4v) is 7.78. The molecule has 2 aromatic heterocycles. The number of hydrogen-bond donors (Lipinski definition) is 2. The molecule has 274 valence electrons. The lowest BCUT2D eigenvalue weighted by molar-refractivity contribution is -0.118. The van der Waals surface area contributed by atoms with Gasteiger partial charge in [0.15, 0.2) is 5.65 Å². The molecule has 0 radical (unpaired) electrons. The number of aromatic nitrogens is 3. The van der Waals surface area contributed by atoms with E-state index in [2.05, 4.69) is 56.7 Å². The zero-order valence-corrected chi connectivity index (χ0v) is 29.5. The van der Waals surface area contributed by atoms with Crippen LogP contribution in [0.2, 0.25) is 0 Å². The molecule has 5 heterocycles. The van der Waals surface area contributed by atoms with Gasteiger partial charge in [0.1, 0.15) is 23.5 Å². The zero-order chi connectivity index (χ0) is 36.6. The summed E-state index contributed by atoms with van der Waals surface area (Å²) < 4.78 is 30.8. The van der Waals surface area contributed by atoms with E-state index >= 15 is 0 Å². The molecule has 0 bridgehead atoms. The zero-order valence-electron chi connectivity index (χ0n) is 29.5. The predicted octanol–water partition coefficient (Wildman–Crippen LogP) is 4.20. The highest BCUT2D eigenvalue weighted by molar-refractivity contribution is 5.93. The molecule has 1 atom stereocenters. The van der Waals surface area contributed by atoms with Gasteiger partial charge in [-0.3, -0.25) is 14.2 Å². The van der Waals surface area contributed by atoms with Crippen LogP contribution in [0.4, 0.5) is 8.78 Å². The van der Waals surface area contributed by atoms with Crippen molar-refractivity contribution in [2.24, 2.45) is 0 Å². The minimum atomic E-state index is -0.668. The molecular formula is C40H42F2N8O3. The minimum Gasteiger partial charge on any atom is -0.356 e. The van der Waals surface area contributed by atoms with Gasteiger partial charge in [-0.15, -0.1) is 0 Å². The molecule has 4 aromatic rings. The fraction of sp³-hybridized carbons (Fsp3) is 0.350. The van der Waals surface area contributed by atoms with E-state index in [1.54, 1.807) is 23.2 Å². The van der Waals surface area contributed by atoms with Crippen LogP contribution in [0.3, 0.4) is 0 Å². The topological polar surface area (TPSA) is 108 Å². The number of nitrogens with zero attached hydrogens (tertiary/aromatic N) is 6. The Morgan fingerprint density at radius 2 is 1.72 bits per heavy atom. The van der Waals surface area contributed by atoms with Gasteiger partial charge < -0.3 is 25.3 Å². The number of fused-ring (bicyclic) bond motifs is 2. The first-order valence-corrected chi connectivity index (χ1v) is 18.3.